The molecule has 3 aromatic carbocycles. The van der Waals surface area contributed by atoms with Gasteiger partial charge in [0.15, 0.2) is 0 Å². The number of nitrogens with zero attached hydrogens (tertiary/aromatic N) is 1. The first-order valence-electron chi connectivity index (χ1n) is 12.0. The Hall–Kier alpha value is -2.83. The Labute approximate surface area is 222 Å². The van der Waals surface area contributed by atoms with Crippen LogP contribution >= 0.6 is 23.4 Å². The third kappa shape index (κ3) is 8.68. The van der Waals surface area contributed by atoms with Crippen LogP contribution in [0, 0.1) is 11.7 Å². The van der Waals surface area contributed by atoms with Crippen LogP contribution in [0.4, 0.5) is 4.39 Å². The van der Waals surface area contributed by atoms with Gasteiger partial charge in [-0.05, 0) is 35.2 Å². The third-order valence-electron chi connectivity index (χ3n) is 5.64. The lowest BCUT2D eigenvalue weighted by atomic mass is 10.0. The van der Waals surface area contributed by atoms with Gasteiger partial charge < -0.3 is 10.2 Å². The van der Waals surface area contributed by atoms with Gasteiger partial charge in [-0.3, -0.25) is 9.59 Å². The topological polar surface area (TPSA) is 49.4 Å². The first-order chi connectivity index (χ1) is 17.3. The minimum Gasteiger partial charge on any atom is -0.354 e. The van der Waals surface area contributed by atoms with Gasteiger partial charge in [-0.25, -0.2) is 4.39 Å². The second-order valence-electron chi connectivity index (χ2n) is 9.08. The van der Waals surface area contributed by atoms with Crippen LogP contribution in [-0.2, 0) is 28.3 Å². The molecule has 2 amide bonds. The maximum absolute atomic E-state index is 14.6. The van der Waals surface area contributed by atoms with Crippen LogP contribution in [0.3, 0.4) is 0 Å². The molecule has 36 heavy (non-hydrogen) atoms. The molecule has 3 rings (SSSR count). The highest BCUT2D eigenvalue weighted by Crippen LogP contribution is 2.21. The molecule has 1 N–H and O–H groups in total. The summed E-state index contributed by atoms with van der Waals surface area (Å²) >= 11 is 7.53. The highest BCUT2D eigenvalue weighted by molar-refractivity contribution is 7.99. The van der Waals surface area contributed by atoms with Crippen molar-refractivity contribution in [3.63, 3.8) is 0 Å². The normalized spacial score (nSPS) is 11.8. The highest BCUT2D eigenvalue weighted by Gasteiger charge is 2.30. The summed E-state index contributed by atoms with van der Waals surface area (Å²) in [5.41, 5.74) is 2.32. The molecule has 4 nitrogen and oxygen atoms in total. The van der Waals surface area contributed by atoms with Crippen LogP contribution in [0.2, 0.25) is 5.02 Å². The van der Waals surface area contributed by atoms with Crippen molar-refractivity contribution in [2.75, 3.05) is 12.3 Å². The molecule has 0 aromatic heterocycles. The minimum atomic E-state index is -0.773. The number of carbonyl (C=O) groups excluding carboxylic acids is 2. The highest BCUT2D eigenvalue weighted by atomic mass is 35.5. The molecule has 0 bridgehead atoms. The molecule has 0 unspecified atom stereocenters. The zero-order valence-electron chi connectivity index (χ0n) is 20.6. The summed E-state index contributed by atoms with van der Waals surface area (Å²) < 4.78 is 14.6. The molecule has 0 saturated carbocycles. The van der Waals surface area contributed by atoms with Crippen molar-refractivity contribution in [2.45, 2.75) is 38.6 Å². The number of thioether (sulfide) groups is 1. The Bertz CT molecular complexity index is 1140. The first kappa shape index (κ1) is 27.8. The molecular weight excluding hydrogens is 495 g/mol. The molecule has 0 heterocycles. The second kappa shape index (κ2) is 14.0. The van der Waals surface area contributed by atoms with Gasteiger partial charge in [0.1, 0.15) is 11.9 Å². The van der Waals surface area contributed by atoms with E-state index in [1.165, 1.54) is 22.7 Å². The quantitative estimate of drug-likeness (QED) is 0.309. The maximum Gasteiger partial charge on any atom is 0.243 e. The van der Waals surface area contributed by atoms with Crippen molar-refractivity contribution in [2.24, 2.45) is 5.92 Å². The standard InChI is InChI=1S/C29H32ClFN2O2S/c1-21(2)17-32-29(35)27(16-22-9-4-3-5-10-22)33(18-24-12-6-7-14-26(24)31)28(34)20-36-19-23-11-8-13-25(30)15-23/h3-15,21,27H,16-20H2,1-2H3,(H,32,35)/t27-/m1/s1. The summed E-state index contributed by atoms with van der Waals surface area (Å²) in [7, 11) is 0. The number of amides is 2. The summed E-state index contributed by atoms with van der Waals surface area (Å²) in [6.45, 7) is 4.54. The van der Waals surface area contributed by atoms with Gasteiger partial charge in [0.2, 0.25) is 11.8 Å². The van der Waals surface area contributed by atoms with Gasteiger partial charge in [-0.15, -0.1) is 11.8 Å². The number of carbonyl (C=O) groups is 2. The molecule has 7 heteroatoms. The summed E-state index contributed by atoms with van der Waals surface area (Å²) in [5, 5.41) is 3.62. The zero-order valence-corrected chi connectivity index (χ0v) is 22.2. The molecule has 0 fully saturated rings. The van der Waals surface area contributed by atoms with Crippen LogP contribution in [-0.4, -0.2) is 35.1 Å². The molecule has 190 valence electrons. The Balaban J connectivity index is 1.85. The molecule has 1 atom stereocenters. The van der Waals surface area contributed by atoms with Crippen molar-refractivity contribution in [1.29, 1.82) is 0 Å². The number of benzene rings is 3. The van der Waals surface area contributed by atoms with E-state index in [2.05, 4.69) is 5.32 Å². The fourth-order valence-corrected chi connectivity index (χ4v) is 4.82. The predicted octanol–water partition coefficient (Wildman–Crippen LogP) is 6.12. The number of hydrogen-bond donors (Lipinski definition) is 1. The molecule has 0 spiro atoms. The van der Waals surface area contributed by atoms with Crippen LogP contribution in [0.1, 0.15) is 30.5 Å². The maximum atomic E-state index is 14.6. The van der Waals surface area contributed by atoms with Crippen molar-refractivity contribution < 1.29 is 14.0 Å². The van der Waals surface area contributed by atoms with E-state index in [0.717, 1.165) is 11.1 Å². The first-order valence-corrected chi connectivity index (χ1v) is 13.5. The largest absolute Gasteiger partial charge is 0.354 e. The van der Waals surface area contributed by atoms with E-state index in [0.29, 0.717) is 29.3 Å². The number of rotatable bonds is 12. The van der Waals surface area contributed by atoms with E-state index in [1.807, 2.05) is 62.4 Å². The summed E-state index contributed by atoms with van der Waals surface area (Å²) in [5.74, 6) is 0.160. The fourth-order valence-electron chi connectivity index (χ4n) is 3.75. The Morgan fingerprint density at radius 3 is 2.36 bits per heavy atom. The van der Waals surface area contributed by atoms with E-state index in [-0.39, 0.29) is 30.0 Å². The molecule has 0 radical (unpaired) electrons. The van der Waals surface area contributed by atoms with E-state index < -0.39 is 11.9 Å². The summed E-state index contributed by atoms with van der Waals surface area (Å²) in [4.78, 5) is 28.5. The van der Waals surface area contributed by atoms with Gasteiger partial charge in [0.25, 0.3) is 0 Å². The Morgan fingerprint density at radius 2 is 1.67 bits per heavy atom. The minimum absolute atomic E-state index is 0.00975. The van der Waals surface area contributed by atoms with E-state index in [1.54, 1.807) is 24.3 Å². The fraction of sp³-hybridized carbons (Fsp3) is 0.310. The molecule has 0 saturated heterocycles. The second-order valence-corrected chi connectivity index (χ2v) is 10.5. The van der Waals surface area contributed by atoms with Gasteiger partial charge in [0, 0.05) is 35.8 Å². The number of hydrogen-bond acceptors (Lipinski definition) is 3. The average molecular weight is 527 g/mol. The van der Waals surface area contributed by atoms with Crippen molar-refractivity contribution in [3.8, 4) is 0 Å². The smallest absolute Gasteiger partial charge is 0.243 e. The van der Waals surface area contributed by atoms with Crippen LogP contribution in [0.5, 0.6) is 0 Å². The lowest BCUT2D eigenvalue weighted by Crippen LogP contribution is -2.51. The predicted molar refractivity (Wildman–Crippen MR) is 146 cm³/mol. The van der Waals surface area contributed by atoms with E-state index in [4.69, 9.17) is 11.6 Å². The molecule has 0 aliphatic heterocycles. The molecule has 3 aromatic rings. The van der Waals surface area contributed by atoms with Crippen molar-refractivity contribution in [3.05, 3.63) is 106 Å². The van der Waals surface area contributed by atoms with Crippen molar-refractivity contribution in [1.82, 2.24) is 10.2 Å². The van der Waals surface area contributed by atoms with Crippen LogP contribution < -0.4 is 5.32 Å². The number of nitrogens with one attached hydrogen (secondary N) is 1. The van der Waals surface area contributed by atoms with Crippen LogP contribution in [0.15, 0.2) is 78.9 Å². The molecule has 0 aliphatic carbocycles. The zero-order chi connectivity index (χ0) is 25.9. The van der Waals surface area contributed by atoms with Crippen molar-refractivity contribution >= 4 is 35.2 Å². The summed E-state index contributed by atoms with van der Waals surface area (Å²) in [6, 6.07) is 22.7. The van der Waals surface area contributed by atoms with Gasteiger partial charge in [-0.2, -0.15) is 0 Å². The lowest BCUT2D eigenvalue weighted by Gasteiger charge is -2.32. The van der Waals surface area contributed by atoms with Gasteiger partial charge in [0.05, 0.1) is 5.75 Å². The van der Waals surface area contributed by atoms with Gasteiger partial charge >= 0.3 is 0 Å². The lowest BCUT2D eigenvalue weighted by molar-refractivity contribution is -0.139. The van der Waals surface area contributed by atoms with Gasteiger partial charge in [-0.1, -0.05) is 86.1 Å². The molecule has 0 aliphatic rings. The van der Waals surface area contributed by atoms with Crippen LogP contribution in [0.25, 0.3) is 0 Å². The average Bonchev–Trinajstić information content (AvgIpc) is 2.86. The summed E-state index contributed by atoms with van der Waals surface area (Å²) in [6.07, 6.45) is 0.337. The third-order valence-corrected chi connectivity index (χ3v) is 6.86. The Morgan fingerprint density at radius 1 is 0.972 bits per heavy atom. The Kier molecular flexibility index (Phi) is 10.8. The molecular formula is C29H32ClFN2O2S. The van der Waals surface area contributed by atoms with E-state index in [9.17, 15) is 14.0 Å². The number of halogens is 2. The SMILES string of the molecule is CC(C)CNC(=O)[C@@H](Cc1ccccc1)N(Cc1ccccc1F)C(=O)CSCc1cccc(Cl)c1. The monoisotopic (exact) mass is 526 g/mol. The van der Waals surface area contributed by atoms with E-state index >= 15 is 0 Å².